The number of piperidine rings is 3. The molecular weight excluding hydrogens is 364 g/mol. The van der Waals surface area contributed by atoms with E-state index in [-0.39, 0.29) is 24.0 Å². The Hall–Kier alpha value is -2.40. The van der Waals surface area contributed by atoms with Gasteiger partial charge in [0.2, 0.25) is 0 Å². The minimum Gasteiger partial charge on any atom is -0.497 e. The Bertz CT molecular complexity index is 939. The molecule has 5 heteroatoms. The number of ether oxygens (including phenoxy) is 2. The summed E-state index contributed by atoms with van der Waals surface area (Å²) in [6, 6.07) is 8.12. The standard InChI is InChI=1S/C24H28N2O3/c1-3-15-14-26-11-9-17(15)12-22(26)23(29-24(27)16-4-5-16)19-8-10-25-21-7-6-18(28-2)13-20(19)21/h3,6-8,10,13,15-17,22-23H,1,4-5,9,11-12,14H2,2H3/t15-,17-,22+,23+/m0/s1. The molecule has 1 aromatic heterocycles. The van der Waals surface area contributed by atoms with Gasteiger partial charge < -0.3 is 9.47 Å². The molecular formula is C24H28N2O3. The van der Waals surface area contributed by atoms with Gasteiger partial charge in [-0.25, -0.2) is 0 Å². The van der Waals surface area contributed by atoms with Crippen molar-refractivity contribution in [1.29, 1.82) is 0 Å². The Morgan fingerprint density at radius 2 is 2.17 bits per heavy atom. The van der Waals surface area contributed by atoms with Gasteiger partial charge in [-0.1, -0.05) is 6.08 Å². The molecule has 1 aliphatic carbocycles. The van der Waals surface area contributed by atoms with E-state index in [1.807, 2.05) is 30.5 Å². The first-order chi connectivity index (χ1) is 14.2. The molecule has 5 nitrogen and oxygen atoms in total. The van der Waals surface area contributed by atoms with Crippen LogP contribution in [-0.4, -0.2) is 42.1 Å². The highest BCUT2D eigenvalue weighted by atomic mass is 16.5. The van der Waals surface area contributed by atoms with Crippen LogP contribution in [0.4, 0.5) is 0 Å². The Balaban J connectivity index is 1.55. The second kappa shape index (κ2) is 7.45. The topological polar surface area (TPSA) is 51.7 Å². The van der Waals surface area contributed by atoms with Gasteiger partial charge in [-0.05, 0) is 68.3 Å². The van der Waals surface area contributed by atoms with Crippen molar-refractivity contribution in [3.63, 3.8) is 0 Å². The van der Waals surface area contributed by atoms with Crippen LogP contribution in [0.2, 0.25) is 0 Å². The molecule has 3 aliphatic heterocycles. The van der Waals surface area contributed by atoms with Crippen LogP contribution >= 0.6 is 0 Å². The van der Waals surface area contributed by atoms with Gasteiger partial charge >= 0.3 is 5.97 Å². The lowest BCUT2D eigenvalue weighted by atomic mass is 9.73. The van der Waals surface area contributed by atoms with Gasteiger partial charge in [-0.3, -0.25) is 14.7 Å². The summed E-state index contributed by atoms with van der Waals surface area (Å²) in [5, 5.41) is 1.00. The molecule has 5 atom stereocenters. The molecule has 1 aromatic carbocycles. The third kappa shape index (κ3) is 3.42. The molecule has 1 unspecified atom stereocenters. The Kier molecular flexibility index (Phi) is 4.78. The van der Waals surface area contributed by atoms with E-state index in [0.29, 0.717) is 11.8 Å². The molecule has 0 N–H and O–H groups in total. The molecule has 1 saturated carbocycles. The molecule has 152 valence electrons. The van der Waals surface area contributed by atoms with Crippen LogP contribution in [0.25, 0.3) is 10.9 Å². The normalized spacial score (nSPS) is 29.4. The van der Waals surface area contributed by atoms with Gasteiger partial charge in [-0.15, -0.1) is 6.58 Å². The van der Waals surface area contributed by atoms with Gasteiger partial charge in [-0.2, -0.15) is 0 Å². The van der Waals surface area contributed by atoms with E-state index in [1.165, 1.54) is 6.42 Å². The second-order valence-corrected chi connectivity index (χ2v) is 8.66. The van der Waals surface area contributed by atoms with Crippen LogP contribution in [0.3, 0.4) is 0 Å². The maximum absolute atomic E-state index is 12.7. The van der Waals surface area contributed by atoms with Crippen molar-refractivity contribution >= 4 is 16.9 Å². The van der Waals surface area contributed by atoms with Crippen LogP contribution in [0.5, 0.6) is 5.75 Å². The van der Waals surface area contributed by atoms with Crippen LogP contribution in [0, 0.1) is 17.8 Å². The van der Waals surface area contributed by atoms with Crippen molar-refractivity contribution in [2.75, 3.05) is 20.2 Å². The highest BCUT2D eigenvalue weighted by Gasteiger charge is 2.45. The summed E-state index contributed by atoms with van der Waals surface area (Å²) >= 11 is 0. The zero-order chi connectivity index (χ0) is 20.0. The van der Waals surface area contributed by atoms with Gasteiger partial charge in [0, 0.05) is 23.7 Å². The number of pyridine rings is 1. The number of fused-ring (bicyclic) bond motifs is 4. The maximum Gasteiger partial charge on any atom is 0.309 e. The van der Waals surface area contributed by atoms with Crippen LogP contribution < -0.4 is 4.74 Å². The SMILES string of the molecule is C=C[C@H]1CN2CC[C@H]1C[C@@H]2[C@H](OC(=O)C1CC1)c1ccnc2ccc(OC)cc12. The fourth-order valence-corrected chi connectivity index (χ4v) is 5.10. The van der Waals surface area contributed by atoms with E-state index < -0.39 is 0 Å². The van der Waals surface area contributed by atoms with Crippen LogP contribution in [-0.2, 0) is 9.53 Å². The minimum absolute atomic E-state index is 0.0502. The van der Waals surface area contributed by atoms with Gasteiger partial charge in [0.05, 0.1) is 24.6 Å². The summed E-state index contributed by atoms with van der Waals surface area (Å²) in [7, 11) is 1.67. The first-order valence-electron chi connectivity index (χ1n) is 10.7. The van der Waals surface area contributed by atoms with E-state index in [4.69, 9.17) is 9.47 Å². The van der Waals surface area contributed by atoms with E-state index in [1.54, 1.807) is 7.11 Å². The number of carbonyl (C=O) groups excluding carboxylic acids is 1. The average Bonchev–Trinajstić information content (AvgIpc) is 3.62. The number of aromatic nitrogens is 1. The highest BCUT2D eigenvalue weighted by Crippen LogP contribution is 2.44. The van der Waals surface area contributed by atoms with Crippen molar-refractivity contribution in [2.24, 2.45) is 17.8 Å². The summed E-state index contributed by atoms with van der Waals surface area (Å²) in [6.07, 6.45) is 7.77. The molecule has 4 fully saturated rings. The Morgan fingerprint density at radius 1 is 1.31 bits per heavy atom. The molecule has 4 heterocycles. The fraction of sp³-hybridized carbons (Fsp3) is 0.500. The second-order valence-electron chi connectivity index (χ2n) is 8.66. The number of carbonyl (C=O) groups is 1. The van der Waals surface area contributed by atoms with Crippen molar-refractivity contribution < 1.29 is 14.3 Å². The zero-order valence-electron chi connectivity index (χ0n) is 16.9. The summed E-state index contributed by atoms with van der Waals surface area (Å²) in [5.41, 5.74) is 1.94. The molecule has 0 spiro atoms. The van der Waals surface area contributed by atoms with Crippen LogP contribution in [0.1, 0.15) is 37.4 Å². The fourth-order valence-electron chi connectivity index (χ4n) is 5.10. The molecule has 2 aromatic rings. The molecule has 29 heavy (non-hydrogen) atoms. The van der Waals surface area contributed by atoms with E-state index in [0.717, 1.165) is 54.6 Å². The van der Waals surface area contributed by atoms with Gasteiger partial charge in [0.25, 0.3) is 0 Å². The largest absolute Gasteiger partial charge is 0.497 e. The maximum atomic E-state index is 12.7. The number of rotatable bonds is 6. The third-order valence-corrected chi connectivity index (χ3v) is 6.95. The molecule has 2 bridgehead atoms. The number of esters is 1. The predicted octanol–water partition coefficient (Wildman–Crippen LogP) is 4.13. The summed E-state index contributed by atoms with van der Waals surface area (Å²) in [6.45, 7) is 6.10. The number of hydrogen-bond acceptors (Lipinski definition) is 5. The number of nitrogens with zero attached hydrogens (tertiary/aromatic N) is 2. The molecule has 0 amide bonds. The minimum atomic E-state index is -0.283. The van der Waals surface area contributed by atoms with Crippen molar-refractivity contribution in [2.45, 2.75) is 37.8 Å². The summed E-state index contributed by atoms with van der Waals surface area (Å²) in [5.74, 6) is 1.97. The zero-order valence-corrected chi connectivity index (χ0v) is 16.9. The average molecular weight is 392 g/mol. The molecule has 3 saturated heterocycles. The highest BCUT2D eigenvalue weighted by molar-refractivity contribution is 5.84. The van der Waals surface area contributed by atoms with E-state index in [9.17, 15) is 4.79 Å². The Labute approximate surface area is 171 Å². The molecule has 6 rings (SSSR count). The lowest BCUT2D eigenvalue weighted by Crippen LogP contribution is -2.55. The summed E-state index contributed by atoms with van der Waals surface area (Å²) in [4.78, 5) is 19.7. The summed E-state index contributed by atoms with van der Waals surface area (Å²) < 4.78 is 11.7. The first kappa shape index (κ1) is 18.6. The monoisotopic (exact) mass is 392 g/mol. The number of hydrogen-bond donors (Lipinski definition) is 0. The van der Waals surface area contributed by atoms with Crippen molar-refractivity contribution in [3.8, 4) is 5.75 Å². The lowest BCUT2D eigenvalue weighted by Gasteiger charge is -2.51. The van der Waals surface area contributed by atoms with E-state index >= 15 is 0 Å². The van der Waals surface area contributed by atoms with Gasteiger partial charge in [0.1, 0.15) is 11.9 Å². The number of methoxy groups -OCH3 is 1. The van der Waals surface area contributed by atoms with E-state index in [2.05, 4.69) is 22.5 Å². The van der Waals surface area contributed by atoms with Gasteiger partial charge in [0.15, 0.2) is 0 Å². The van der Waals surface area contributed by atoms with Crippen molar-refractivity contribution in [1.82, 2.24) is 9.88 Å². The van der Waals surface area contributed by atoms with Crippen molar-refractivity contribution in [3.05, 3.63) is 48.7 Å². The predicted molar refractivity (Wildman–Crippen MR) is 112 cm³/mol. The number of benzene rings is 1. The lowest BCUT2D eigenvalue weighted by molar-refractivity contribution is -0.158. The quantitative estimate of drug-likeness (QED) is 0.546. The smallest absolute Gasteiger partial charge is 0.309 e. The van der Waals surface area contributed by atoms with Crippen LogP contribution in [0.15, 0.2) is 43.1 Å². The Morgan fingerprint density at radius 3 is 2.86 bits per heavy atom. The third-order valence-electron chi connectivity index (χ3n) is 6.95. The molecule has 4 aliphatic rings. The molecule has 0 radical (unpaired) electrons. The first-order valence-corrected chi connectivity index (χ1v) is 10.7.